The minimum absolute atomic E-state index is 0.0271. The number of nitrogens with one attached hydrogen (secondary N) is 1. The Kier molecular flexibility index (Phi) is 6.43. The number of nitrogen functional groups attached to an aromatic ring is 1. The third-order valence-corrected chi connectivity index (χ3v) is 5.92. The van der Waals surface area contributed by atoms with Crippen molar-refractivity contribution in [2.75, 3.05) is 45.7 Å². The predicted molar refractivity (Wildman–Crippen MR) is 122 cm³/mol. The number of rotatable bonds is 8. The molecule has 172 valence electrons. The molecule has 10 nitrogen and oxygen atoms in total. The Morgan fingerprint density at radius 3 is 2.75 bits per heavy atom. The van der Waals surface area contributed by atoms with Gasteiger partial charge in [0.25, 0.3) is 0 Å². The molecule has 4 rings (SSSR count). The van der Waals surface area contributed by atoms with Crippen molar-refractivity contribution < 1.29 is 9.47 Å². The minimum atomic E-state index is -0.763. The smallest absolute Gasteiger partial charge is 0.320 e. The largest absolute Gasteiger partial charge is 0.461 e. The predicted octanol–water partition coefficient (Wildman–Crippen LogP) is 1.08. The lowest BCUT2D eigenvalue weighted by Crippen LogP contribution is -2.38. The lowest BCUT2D eigenvalue weighted by atomic mass is 9.81. The first-order valence-electron chi connectivity index (χ1n) is 10.9. The number of nitrogens with two attached hydrogens (primary N) is 1. The van der Waals surface area contributed by atoms with Crippen LogP contribution in [0.4, 0.5) is 5.82 Å². The van der Waals surface area contributed by atoms with Gasteiger partial charge in [0.2, 0.25) is 0 Å². The molecule has 1 unspecified atom stereocenters. The molecule has 1 fully saturated rings. The molecule has 1 aliphatic carbocycles. The van der Waals surface area contributed by atoms with E-state index in [0.29, 0.717) is 6.61 Å². The maximum Gasteiger partial charge on any atom is 0.320 e. The Morgan fingerprint density at radius 1 is 1.22 bits per heavy atom. The maximum atomic E-state index is 12.8. The first-order chi connectivity index (χ1) is 15.4. The van der Waals surface area contributed by atoms with E-state index in [0.717, 1.165) is 31.6 Å². The first-order valence-corrected chi connectivity index (χ1v) is 10.9. The molecule has 0 aromatic carbocycles. The van der Waals surface area contributed by atoms with Crippen molar-refractivity contribution in [1.29, 1.82) is 0 Å². The van der Waals surface area contributed by atoms with E-state index in [9.17, 15) is 9.59 Å². The Bertz CT molecular complexity index is 1160. The third-order valence-electron chi connectivity index (χ3n) is 5.92. The topological polar surface area (TPSA) is 128 Å². The highest BCUT2D eigenvalue weighted by molar-refractivity contribution is 5.81. The van der Waals surface area contributed by atoms with Gasteiger partial charge in [-0.1, -0.05) is 25.2 Å². The van der Waals surface area contributed by atoms with Gasteiger partial charge in [0.1, 0.15) is 12.1 Å². The SMILES string of the molecule is COCCOc1nc(N)c2[nH]c(=O)c(=O)n(CC3=CC(C)(CN4CCCC4)CC=C3)c2n1. The average molecular weight is 443 g/mol. The first kappa shape index (κ1) is 22.2. The van der Waals surface area contributed by atoms with Gasteiger partial charge in [-0.3, -0.25) is 14.2 Å². The minimum Gasteiger partial charge on any atom is -0.461 e. The molecule has 0 spiro atoms. The molecule has 3 N–H and O–H groups in total. The number of methoxy groups -OCH3 is 1. The second-order valence-electron chi connectivity index (χ2n) is 8.74. The molecule has 2 aromatic rings. The van der Waals surface area contributed by atoms with E-state index in [1.54, 1.807) is 7.11 Å². The van der Waals surface area contributed by atoms with Crippen LogP contribution in [0.25, 0.3) is 11.2 Å². The summed E-state index contributed by atoms with van der Waals surface area (Å²) in [7, 11) is 1.56. The van der Waals surface area contributed by atoms with Crippen molar-refractivity contribution in [3.63, 3.8) is 0 Å². The number of likely N-dealkylation sites (tertiary alicyclic amines) is 1. The summed E-state index contributed by atoms with van der Waals surface area (Å²) >= 11 is 0. The number of hydrogen-bond acceptors (Lipinski definition) is 8. The van der Waals surface area contributed by atoms with Gasteiger partial charge in [-0.2, -0.15) is 9.97 Å². The lowest BCUT2D eigenvalue weighted by molar-refractivity contribution is 0.141. The van der Waals surface area contributed by atoms with Gasteiger partial charge in [0.15, 0.2) is 11.5 Å². The number of nitrogens with zero attached hydrogens (tertiary/aromatic N) is 4. The lowest BCUT2D eigenvalue weighted by Gasteiger charge is -2.33. The quantitative estimate of drug-likeness (QED) is 0.459. The summed E-state index contributed by atoms with van der Waals surface area (Å²) < 4.78 is 11.8. The fraction of sp³-hybridized carbons (Fsp3) is 0.545. The number of ether oxygens (including phenoxy) is 2. The summed E-state index contributed by atoms with van der Waals surface area (Å²) in [6, 6.07) is 0.0271. The van der Waals surface area contributed by atoms with E-state index < -0.39 is 11.1 Å². The van der Waals surface area contributed by atoms with Gasteiger partial charge in [-0.05, 0) is 37.9 Å². The van der Waals surface area contributed by atoms with Crippen molar-refractivity contribution in [2.45, 2.75) is 32.7 Å². The van der Waals surface area contributed by atoms with E-state index >= 15 is 0 Å². The van der Waals surface area contributed by atoms with E-state index in [2.05, 4.69) is 38.9 Å². The van der Waals surface area contributed by atoms with Crippen LogP contribution in [-0.2, 0) is 11.3 Å². The number of H-pyrrole nitrogens is 1. The molecule has 0 radical (unpaired) electrons. The molecule has 1 atom stereocenters. The summed E-state index contributed by atoms with van der Waals surface area (Å²) in [5.74, 6) is 0.0419. The zero-order valence-electron chi connectivity index (χ0n) is 18.6. The van der Waals surface area contributed by atoms with E-state index in [1.807, 2.05) is 6.08 Å². The molecular formula is C22H30N6O4. The van der Waals surface area contributed by atoms with E-state index in [4.69, 9.17) is 15.2 Å². The summed E-state index contributed by atoms with van der Waals surface area (Å²) in [4.78, 5) is 38.5. The summed E-state index contributed by atoms with van der Waals surface area (Å²) in [6.07, 6.45) is 9.77. The van der Waals surface area contributed by atoms with Crippen molar-refractivity contribution >= 4 is 17.0 Å². The van der Waals surface area contributed by atoms with E-state index in [-0.39, 0.29) is 41.6 Å². The van der Waals surface area contributed by atoms with Gasteiger partial charge in [0, 0.05) is 19.1 Å². The Balaban J connectivity index is 1.69. The van der Waals surface area contributed by atoms with Gasteiger partial charge in [-0.15, -0.1) is 0 Å². The van der Waals surface area contributed by atoms with Crippen molar-refractivity contribution in [3.8, 4) is 6.01 Å². The standard InChI is InChI=1S/C22H30N6O4/c1-22(14-27-8-3-4-9-27)7-5-6-15(12-22)13-28-18-16(24-19(29)20(28)30)17(23)25-21(26-18)32-11-10-31-2/h5-6,12H,3-4,7-11,13-14H2,1-2H3,(H,24,29)(H2,23,25,26). The van der Waals surface area contributed by atoms with Crippen LogP contribution in [0.5, 0.6) is 6.01 Å². The van der Waals surface area contributed by atoms with Crippen LogP contribution in [0.3, 0.4) is 0 Å². The van der Waals surface area contributed by atoms with Gasteiger partial charge in [-0.25, -0.2) is 0 Å². The van der Waals surface area contributed by atoms with Crippen LogP contribution in [0, 0.1) is 5.41 Å². The van der Waals surface area contributed by atoms with Crippen molar-refractivity contribution in [1.82, 2.24) is 24.4 Å². The van der Waals surface area contributed by atoms with Crippen LogP contribution in [-0.4, -0.2) is 64.4 Å². The highest BCUT2D eigenvalue weighted by Gasteiger charge is 2.28. The molecule has 2 aromatic heterocycles. The number of anilines is 1. The van der Waals surface area contributed by atoms with Gasteiger partial charge in [0.05, 0.1) is 13.2 Å². The maximum absolute atomic E-state index is 12.8. The average Bonchev–Trinajstić information content (AvgIpc) is 3.25. The zero-order valence-corrected chi connectivity index (χ0v) is 18.6. The van der Waals surface area contributed by atoms with Crippen LogP contribution in [0.15, 0.2) is 33.4 Å². The highest BCUT2D eigenvalue weighted by atomic mass is 16.5. The van der Waals surface area contributed by atoms with Crippen LogP contribution in [0.2, 0.25) is 0 Å². The zero-order chi connectivity index (χ0) is 22.7. The number of fused-ring (bicyclic) bond motifs is 1. The van der Waals surface area contributed by atoms with Gasteiger partial charge < -0.3 is 25.1 Å². The second-order valence-corrected chi connectivity index (χ2v) is 8.74. The molecule has 32 heavy (non-hydrogen) atoms. The normalized spacial score (nSPS) is 21.2. The molecule has 2 aliphatic rings. The van der Waals surface area contributed by atoms with E-state index in [1.165, 1.54) is 17.4 Å². The van der Waals surface area contributed by atoms with Crippen molar-refractivity contribution in [2.24, 2.45) is 5.41 Å². The van der Waals surface area contributed by atoms with Crippen LogP contribution < -0.4 is 21.6 Å². The van der Waals surface area contributed by atoms with Crippen LogP contribution in [0.1, 0.15) is 26.2 Å². The molecule has 1 aliphatic heterocycles. The number of aromatic amines is 1. The van der Waals surface area contributed by atoms with Crippen LogP contribution >= 0.6 is 0 Å². The molecule has 0 saturated carbocycles. The monoisotopic (exact) mass is 442 g/mol. The van der Waals surface area contributed by atoms with Gasteiger partial charge >= 0.3 is 17.1 Å². The summed E-state index contributed by atoms with van der Waals surface area (Å²) in [5, 5.41) is 0. The summed E-state index contributed by atoms with van der Waals surface area (Å²) in [6.45, 7) is 6.25. The Labute approximate surface area is 185 Å². The molecule has 0 amide bonds. The molecule has 0 bridgehead atoms. The highest BCUT2D eigenvalue weighted by Crippen LogP contribution is 2.32. The Hall–Kier alpha value is -2.98. The number of hydrogen-bond donors (Lipinski definition) is 2. The molecule has 1 saturated heterocycles. The third kappa shape index (κ3) is 4.76. The molecule has 3 heterocycles. The summed E-state index contributed by atoms with van der Waals surface area (Å²) in [5.41, 5.74) is 5.95. The molecule has 10 heteroatoms. The fourth-order valence-corrected chi connectivity index (χ4v) is 4.45. The fourth-order valence-electron chi connectivity index (χ4n) is 4.45. The molecular weight excluding hydrogens is 412 g/mol. The number of allylic oxidation sites excluding steroid dienone is 3. The number of aromatic nitrogens is 4. The second kappa shape index (κ2) is 9.25. The Morgan fingerprint density at radius 2 is 2.00 bits per heavy atom. The van der Waals surface area contributed by atoms with Crippen molar-refractivity contribution in [3.05, 3.63) is 44.5 Å².